The number of hydrogen-bond acceptors (Lipinski definition) is 15. The molecule has 0 N–H and O–H groups in total. The second-order valence-corrected chi connectivity index (χ2v) is 26.8. The first-order chi connectivity index (χ1) is 42.0. The first kappa shape index (κ1) is 66.6. The molecule has 2 unspecified atom stereocenters. The molecule has 6 fully saturated rings. The van der Waals surface area contributed by atoms with Gasteiger partial charge in [-0.1, -0.05) is 117 Å². The Labute approximate surface area is 528 Å². The molecule has 15 nitrogen and oxygen atoms in total. The van der Waals surface area contributed by atoms with Crippen molar-refractivity contribution in [2.24, 2.45) is 22.7 Å². The van der Waals surface area contributed by atoms with Gasteiger partial charge in [0.25, 0.3) is 0 Å². The van der Waals surface area contributed by atoms with Crippen LogP contribution in [0.15, 0.2) is 84.9 Å². The van der Waals surface area contributed by atoms with Crippen LogP contribution in [0, 0.1) is 22.7 Å². The molecule has 2 spiro atoms. The first-order valence-corrected chi connectivity index (χ1v) is 32.3. The number of methoxy groups -OCH3 is 1. The molecule has 0 aromatic heterocycles. The topological polar surface area (TPSA) is 185 Å². The zero-order chi connectivity index (χ0) is 63.1. The fraction of sp³-hybridized carbons (Fsp3) is 0.577. The highest BCUT2D eigenvalue weighted by Gasteiger charge is 2.59. The Balaban J connectivity index is 0.000000210. The Kier molecular flexibility index (Phi) is 21.9. The van der Waals surface area contributed by atoms with Gasteiger partial charge in [-0.3, -0.25) is 28.8 Å². The summed E-state index contributed by atoms with van der Waals surface area (Å²) in [6, 6.07) is 28.7. The summed E-state index contributed by atoms with van der Waals surface area (Å²) in [4.78, 5) is 72.1. The summed E-state index contributed by atoms with van der Waals surface area (Å²) < 4.78 is 52.5. The van der Waals surface area contributed by atoms with Crippen LogP contribution in [0.5, 0.6) is 0 Å². The largest absolute Gasteiger partial charge is 0.463 e. The summed E-state index contributed by atoms with van der Waals surface area (Å²) in [6.45, 7) is 11.3. The van der Waals surface area contributed by atoms with Crippen molar-refractivity contribution in [1.82, 2.24) is 0 Å². The Morgan fingerprint density at radius 3 is 1.35 bits per heavy atom. The van der Waals surface area contributed by atoms with Gasteiger partial charge < -0.3 is 42.6 Å². The van der Waals surface area contributed by atoms with Gasteiger partial charge in [0.2, 0.25) is 5.79 Å². The van der Waals surface area contributed by atoms with Crippen molar-refractivity contribution >= 4 is 59.0 Å². The van der Waals surface area contributed by atoms with E-state index in [9.17, 15) is 28.8 Å². The standard InChI is InChI=1S/C36H45ClO8.C35H43ClO7/c1-22-32(21-42-23(2)38)45-36(41-5,34(44-25(4)40)33(22)43-24(3)39)30-11-12-31(37)29(20-30)19-26-7-9-27(10-8-26)28-13-17-35(18-14-28)15-6-16-35;1-21-31(20-40-22(2)37)43-33(34(42-24(4)39)32(21)41-23(3)38)28-10-11-30(36)29(19-28)18-25-6-8-26(9-7-25)27-12-16-35(17-13-27)14-5-15-35/h7-12,20,22,28,32-34H,6,13-19,21H2,1-5H3;6-11,19,21,27,31-34H,5,12-18,20H2,1-4H3/t22-,32-,33+,34-,36?;21-,31-,32+,33?,34-/m11/s1. The molecule has 4 aromatic rings. The molecule has 4 saturated carbocycles. The van der Waals surface area contributed by atoms with E-state index in [0.29, 0.717) is 51.1 Å². The summed E-state index contributed by atoms with van der Waals surface area (Å²) in [5, 5.41) is 1.18. The van der Waals surface area contributed by atoms with Gasteiger partial charge in [-0.05, 0) is 170 Å². The highest BCUT2D eigenvalue weighted by atomic mass is 35.5. The minimum Gasteiger partial charge on any atom is -0.463 e. The Morgan fingerprint density at radius 1 is 0.489 bits per heavy atom. The normalized spacial score (nSPS) is 27.9. The van der Waals surface area contributed by atoms with Crippen LogP contribution in [0.25, 0.3) is 0 Å². The molecule has 88 heavy (non-hydrogen) atoms. The average Bonchev–Trinajstić information content (AvgIpc) is 0.991. The van der Waals surface area contributed by atoms with Gasteiger partial charge in [-0.2, -0.15) is 0 Å². The lowest BCUT2D eigenvalue weighted by Crippen LogP contribution is -2.63. The van der Waals surface area contributed by atoms with Gasteiger partial charge in [0.05, 0.1) is 6.10 Å². The third-order valence-corrected chi connectivity index (χ3v) is 20.8. The lowest BCUT2D eigenvalue weighted by molar-refractivity contribution is -0.359. The second kappa shape index (κ2) is 29.0. The average molecular weight is 1250 g/mol. The van der Waals surface area contributed by atoms with E-state index in [1.54, 1.807) is 19.1 Å². The van der Waals surface area contributed by atoms with Gasteiger partial charge in [0.1, 0.15) is 37.6 Å². The first-order valence-electron chi connectivity index (χ1n) is 31.6. The summed E-state index contributed by atoms with van der Waals surface area (Å²) in [6.07, 6.45) is 14.2. The van der Waals surface area contributed by atoms with Gasteiger partial charge in [0.15, 0.2) is 12.2 Å². The maximum Gasteiger partial charge on any atom is 0.303 e. The molecule has 4 aromatic carbocycles. The molecule has 17 heteroatoms. The van der Waals surface area contributed by atoms with Crippen molar-refractivity contribution in [2.75, 3.05) is 20.3 Å². The van der Waals surface area contributed by atoms with E-state index in [-0.39, 0.29) is 13.2 Å². The van der Waals surface area contributed by atoms with E-state index >= 15 is 0 Å². The predicted molar refractivity (Wildman–Crippen MR) is 331 cm³/mol. The fourth-order valence-corrected chi connectivity index (χ4v) is 15.0. The number of esters is 6. The highest BCUT2D eigenvalue weighted by Crippen LogP contribution is 2.56. The van der Waals surface area contributed by atoms with E-state index in [0.717, 1.165) is 27.8 Å². The number of rotatable bonds is 17. The SMILES string of the molecule is CC(=O)OC[C@H]1OC(c2ccc(Cl)c(Cc3ccc(C4CCC5(CCC5)CC4)cc3)c2)[C@H](OC(C)=O)[C@@H](OC(C)=O)[C@@H]1C.COC1(c2ccc(Cl)c(Cc3ccc(C4CCC5(CCC5)CC4)cc3)c2)O[C@H](COC(C)=O)[C@@H](C)[C@H](OC(C)=O)[C@H]1OC(C)=O. The minimum atomic E-state index is -1.69. The molecule has 6 aliphatic rings. The molecule has 2 heterocycles. The predicted octanol–water partition coefficient (Wildman–Crippen LogP) is 14.3. The minimum absolute atomic E-state index is 0.0215. The van der Waals surface area contributed by atoms with Crippen LogP contribution in [-0.2, 0) is 90.0 Å². The smallest absolute Gasteiger partial charge is 0.303 e. The molecule has 0 amide bonds. The Hall–Kier alpha value is -5.84. The summed E-state index contributed by atoms with van der Waals surface area (Å²) in [5.74, 6) is -4.43. The molecule has 0 radical (unpaired) electrons. The number of hydrogen-bond donors (Lipinski definition) is 0. The van der Waals surface area contributed by atoms with Crippen LogP contribution in [-0.4, -0.2) is 92.8 Å². The van der Waals surface area contributed by atoms with Gasteiger partial charge in [-0.25, -0.2) is 0 Å². The molecular weight excluding hydrogens is 1160 g/mol. The number of ether oxygens (including phenoxy) is 9. The van der Waals surface area contributed by atoms with E-state index in [4.69, 9.17) is 65.8 Å². The van der Waals surface area contributed by atoms with E-state index in [1.807, 2.05) is 31.2 Å². The van der Waals surface area contributed by atoms with Crippen LogP contribution in [0.4, 0.5) is 0 Å². The molecule has 0 bridgehead atoms. The maximum atomic E-state index is 12.4. The van der Waals surface area contributed by atoms with Crippen molar-refractivity contribution in [3.63, 3.8) is 0 Å². The van der Waals surface area contributed by atoms with Crippen molar-refractivity contribution in [3.05, 3.63) is 139 Å². The fourth-order valence-electron chi connectivity index (χ4n) is 14.7. The maximum absolute atomic E-state index is 12.4. The number of benzene rings is 4. The lowest BCUT2D eigenvalue weighted by Gasteiger charge is -2.50. The van der Waals surface area contributed by atoms with Crippen LogP contribution in [0.1, 0.15) is 208 Å². The summed E-state index contributed by atoms with van der Waals surface area (Å²) in [7, 11) is 1.44. The van der Waals surface area contributed by atoms with Crippen molar-refractivity contribution in [2.45, 2.75) is 218 Å². The Morgan fingerprint density at radius 2 is 0.909 bits per heavy atom. The number of carbonyl (C=O) groups excluding carboxylic acids is 6. The quantitative estimate of drug-likeness (QED) is 0.0717. The third kappa shape index (κ3) is 15.8. The van der Waals surface area contributed by atoms with Crippen LogP contribution in [0.2, 0.25) is 10.0 Å². The molecule has 2 saturated heterocycles. The number of halogens is 2. The molecular formula is C71H88Cl2O15. The van der Waals surface area contributed by atoms with Crippen LogP contribution in [0.3, 0.4) is 0 Å². The molecule has 4 aliphatic carbocycles. The third-order valence-electron chi connectivity index (χ3n) is 20.0. The molecule has 10 atom stereocenters. The zero-order valence-electron chi connectivity index (χ0n) is 52.5. The van der Waals surface area contributed by atoms with Crippen molar-refractivity contribution < 1.29 is 71.4 Å². The van der Waals surface area contributed by atoms with E-state index in [2.05, 4.69) is 48.5 Å². The summed E-state index contributed by atoms with van der Waals surface area (Å²) >= 11 is 13.4. The van der Waals surface area contributed by atoms with Crippen molar-refractivity contribution in [1.29, 1.82) is 0 Å². The van der Waals surface area contributed by atoms with Crippen LogP contribution >= 0.6 is 23.2 Å². The molecule has 2 aliphatic heterocycles. The van der Waals surface area contributed by atoms with Gasteiger partial charge in [0, 0.05) is 76.1 Å². The number of carbonyl (C=O) groups is 6. The molecule has 10 rings (SSSR count). The van der Waals surface area contributed by atoms with Crippen LogP contribution < -0.4 is 0 Å². The van der Waals surface area contributed by atoms with Gasteiger partial charge in [-0.15, -0.1) is 0 Å². The highest BCUT2D eigenvalue weighted by molar-refractivity contribution is 6.31. The zero-order valence-corrected chi connectivity index (χ0v) is 54.1. The lowest BCUT2D eigenvalue weighted by atomic mass is 9.58. The van der Waals surface area contributed by atoms with E-state index < -0.39 is 96.2 Å². The van der Waals surface area contributed by atoms with Gasteiger partial charge >= 0.3 is 35.8 Å². The monoisotopic (exact) mass is 1250 g/mol. The van der Waals surface area contributed by atoms with Crippen molar-refractivity contribution in [3.8, 4) is 0 Å². The summed E-state index contributed by atoms with van der Waals surface area (Å²) in [5.41, 5.74) is 9.36. The Bertz CT molecular complexity index is 3100. The second-order valence-electron chi connectivity index (χ2n) is 25.9. The van der Waals surface area contributed by atoms with E-state index in [1.165, 1.54) is 150 Å². The molecule has 476 valence electrons.